The Bertz CT molecular complexity index is 783. The highest BCUT2D eigenvalue weighted by atomic mass is 16.6. The number of nitro groups is 1. The van der Waals surface area contributed by atoms with Crippen molar-refractivity contribution < 1.29 is 23.6 Å². The Balaban J connectivity index is 2.37. The number of carbonyl (C=O) groups is 1. The molecule has 1 heterocycles. The van der Waals surface area contributed by atoms with Crippen molar-refractivity contribution in [3.05, 3.63) is 51.5 Å². The number of nitro benzene ring substituents is 1. The first-order valence-electron chi connectivity index (χ1n) is 7.67. The van der Waals surface area contributed by atoms with Crippen molar-refractivity contribution in [3.63, 3.8) is 0 Å². The van der Waals surface area contributed by atoms with Crippen molar-refractivity contribution in [2.75, 3.05) is 20.8 Å². The highest BCUT2D eigenvalue weighted by molar-refractivity contribution is 5.98. The predicted molar refractivity (Wildman–Crippen MR) is 90.1 cm³/mol. The Morgan fingerprint density at radius 2 is 2.04 bits per heavy atom. The maximum Gasteiger partial charge on any atom is 0.286 e. The van der Waals surface area contributed by atoms with Crippen molar-refractivity contribution in [2.45, 2.75) is 20.4 Å². The molecule has 8 nitrogen and oxygen atoms in total. The van der Waals surface area contributed by atoms with Crippen LogP contribution in [0.4, 0.5) is 5.69 Å². The smallest absolute Gasteiger partial charge is 0.286 e. The summed E-state index contributed by atoms with van der Waals surface area (Å²) in [6, 6.07) is 6.08. The summed E-state index contributed by atoms with van der Waals surface area (Å²) in [6.07, 6.45) is 0. The van der Waals surface area contributed by atoms with Crippen LogP contribution in [0.25, 0.3) is 0 Å². The van der Waals surface area contributed by atoms with E-state index in [0.717, 1.165) is 5.76 Å². The van der Waals surface area contributed by atoms with E-state index in [1.54, 1.807) is 33.0 Å². The Hall–Kier alpha value is -3.03. The third kappa shape index (κ3) is 4.09. The molecule has 0 N–H and O–H groups in total. The van der Waals surface area contributed by atoms with Crippen molar-refractivity contribution >= 4 is 11.6 Å². The molecule has 0 spiro atoms. The van der Waals surface area contributed by atoms with Gasteiger partial charge < -0.3 is 18.8 Å². The number of nitrogens with zero attached hydrogens (tertiary/aromatic N) is 2. The molecule has 0 radical (unpaired) electrons. The van der Waals surface area contributed by atoms with Crippen LogP contribution in [-0.4, -0.2) is 36.5 Å². The Labute approximate surface area is 145 Å². The van der Waals surface area contributed by atoms with Gasteiger partial charge in [-0.3, -0.25) is 14.9 Å². The van der Waals surface area contributed by atoms with Crippen LogP contribution in [0.15, 0.2) is 28.7 Å². The minimum atomic E-state index is -0.611. The largest absolute Gasteiger partial charge is 0.493 e. The number of aryl methyl sites for hydroxylation is 1. The monoisotopic (exact) mass is 348 g/mol. The van der Waals surface area contributed by atoms with Gasteiger partial charge in [0.15, 0.2) is 11.5 Å². The molecule has 0 saturated heterocycles. The van der Waals surface area contributed by atoms with E-state index in [-0.39, 0.29) is 29.3 Å². The van der Waals surface area contributed by atoms with Crippen LogP contribution in [0.1, 0.15) is 28.8 Å². The van der Waals surface area contributed by atoms with Crippen LogP contribution >= 0.6 is 0 Å². The summed E-state index contributed by atoms with van der Waals surface area (Å²) in [5.74, 6) is 1.29. The number of rotatable bonds is 7. The number of methoxy groups -OCH3 is 1. The summed E-state index contributed by atoms with van der Waals surface area (Å²) in [5.41, 5.74) is -0.409. The molecule has 1 amide bonds. The van der Waals surface area contributed by atoms with Crippen LogP contribution in [0.5, 0.6) is 11.5 Å². The standard InChI is InChI=1S/C17H20N2O6/c1-5-24-16-9-14(19(21)22)13(8-15(16)23-4)17(20)18(3)10-12-7-6-11(2)25-12/h6-9H,5,10H2,1-4H3. The summed E-state index contributed by atoms with van der Waals surface area (Å²) in [6.45, 7) is 4.06. The molecule has 0 fully saturated rings. The van der Waals surface area contributed by atoms with E-state index in [1.165, 1.54) is 24.1 Å². The second-order valence-corrected chi connectivity index (χ2v) is 5.38. The lowest BCUT2D eigenvalue weighted by atomic mass is 10.1. The van der Waals surface area contributed by atoms with Crippen LogP contribution in [0, 0.1) is 17.0 Å². The molecule has 0 atom stereocenters. The summed E-state index contributed by atoms with van der Waals surface area (Å²) in [4.78, 5) is 24.8. The van der Waals surface area contributed by atoms with Gasteiger partial charge >= 0.3 is 0 Å². The second-order valence-electron chi connectivity index (χ2n) is 5.38. The first kappa shape index (κ1) is 18.3. The number of hydrogen-bond donors (Lipinski definition) is 0. The van der Waals surface area contributed by atoms with Crippen LogP contribution < -0.4 is 9.47 Å². The molecule has 8 heteroatoms. The molecule has 0 unspecified atom stereocenters. The molecule has 0 bridgehead atoms. The molecule has 0 aliphatic carbocycles. The fraction of sp³-hybridized carbons (Fsp3) is 0.353. The summed E-state index contributed by atoms with van der Waals surface area (Å²) in [7, 11) is 2.96. The van der Waals surface area contributed by atoms with Gasteiger partial charge in [0, 0.05) is 13.1 Å². The fourth-order valence-corrected chi connectivity index (χ4v) is 2.38. The third-order valence-corrected chi connectivity index (χ3v) is 3.54. The molecule has 0 aliphatic rings. The number of furan rings is 1. The molecule has 0 saturated carbocycles. The molecular weight excluding hydrogens is 328 g/mol. The summed E-state index contributed by atoms with van der Waals surface area (Å²) >= 11 is 0. The maximum atomic E-state index is 12.7. The Kier molecular flexibility index (Phi) is 5.63. The van der Waals surface area contributed by atoms with Crippen LogP contribution in [0.3, 0.4) is 0 Å². The van der Waals surface area contributed by atoms with Crippen molar-refractivity contribution in [2.24, 2.45) is 0 Å². The molecule has 134 valence electrons. The minimum Gasteiger partial charge on any atom is -0.493 e. The lowest BCUT2D eigenvalue weighted by molar-refractivity contribution is -0.385. The topological polar surface area (TPSA) is 95.0 Å². The van der Waals surface area contributed by atoms with Gasteiger partial charge in [-0.05, 0) is 26.0 Å². The molecular formula is C17H20N2O6. The van der Waals surface area contributed by atoms with E-state index in [9.17, 15) is 14.9 Å². The third-order valence-electron chi connectivity index (χ3n) is 3.54. The van der Waals surface area contributed by atoms with Crippen LogP contribution in [0.2, 0.25) is 0 Å². The predicted octanol–water partition coefficient (Wildman–Crippen LogP) is 3.18. The van der Waals surface area contributed by atoms with Gasteiger partial charge in [-0.1, -0.05) is 0 Å². The van der Waals surface area contributed by atoms with Gasteiger partial charge in [-0.15, -0.1) is 0 Å². The Morgan fingerprint density at radius 1 is 1.32 bits per heavy atom. The zero-order chi connectivity index (χ0) is 18.6. The van der Waals surface area contributed by atoms with E-state index in [1.807, 2.05) is 0 Å². The van der Waals surface area contributed by atoms with Crippen LogP contribution in [-0.2, 0) is 6.54 Å². The minimum absolute atomic E-state index is 0.0731. The van der Waals surface area contributed by atoms with Crippen molar-refractivity contribution in [1.82, 2.24) is 4.90 Å². The highest BCUT2D eigenvalue weighted by Gasteiger charge is 2.27. The lowest BCUT2D eigenvalue weighted by Gasteiger charge is -2.17. The quantitative estimate of drug-likeness (QED) is 0.563. The highest BCUT2D eigenvalue weighted by Crippen LogP contribution is 2.35. The van der Waals surface area contributed by atoms with E-state index in [2.05, 4.69) is 0 Å². The summed E-state index contributed by atoms with van der Waals surface area (Å²) < 4.78 is 16.0. The lowest BCUT2D eigenvalue weighted by Crippen LogP contribution is -2.26. The Morgan fingerprint density at radius 3 is 2.56 bits per heavy atom. The molecule has 1 aromatic carbocycles. The normalized spacial score (nSPS) is 10.4. The van der Waals surface area contributed by atoms with Gasteiger partial charge in [0.25, 0.3) is 11.6 Å². The van der Waals surface area contributed by atoms with Gasteiger partial charge in [0.2, 0.25) is 0 Å². The van der Waals surface area contributed by atoms with Crippen molar-refractivity contribution in [1.29, 1.82) is 0 Å². The molecule has 25 heavy (non-hydrogen) atoms. The van der Waals surface area contributed by atoms with E-state index in [4.69, 9.17) is 13.9 Å². The average molecular weight is 348 g/mol. The second kappa shape index (κ2) is 7.69. The number of ether oxygens (including phenoxy) is 2. The molecule has 1 aromatic heterocycles. The van der Waals surface area contributed by atoms with Crippen molar-refractivity contribution in [3.8, 4) is 11.5 Å². The average Bonchev–Trinajstić information content (AvgIpc) is 2.98. The maximum absolute atomic E-state index is 12.7. The van der Waals surface area contributed by atoms with E-state index >= 15 is 0 Å². The first-order valence-corrected chi connectivity index (χ1v) is 7.67. The number of hydrogen-bond acceptors (Lipinski definition) is 6. The first-order chi connectivity index (χ1) is 11.9. The fourth-order valence-electron chi connectivity index (χ4n) is 2.38. The van der Waals surface area contributed by atoms with Gasteiger partial charge in [0.1, 0.15) is 17.1 Å². The van der Waals surface area contributed by atoms with Gasteiger partial charge in [0.05, 0.1) is 31.3 Å². The van der Waals surface area contributed by atoms with Gasteiger partial charge in [-0.2, -0.15) is 0 Å². The van der Waals surface area contributed by atoms with E-state index in [0.29, 0.717) is 12.4 Å². The zero-order valence-corrected chi connectivity index (χ0v) is 14.6. The molecule has 2 rings (SSSR count). The number of amides is 1. The zero-order valence-electron chi connectivity index (χ0n) is 14.6. The van der Waals surface area contributed by atoms with Gasteiger partial charge in [-0.25, -0.2) is 0 Å². The van der Waals surface area contributed by atoms with E-state index < -0.39 is 10.8 Å². The molecule has 0 aliphatic heterocycles. The number of carbonyl (C=O) groups excluding carboxylic acids is 1. The SMILES string of the molecule is CCOc1cc([N+](=O)[O-])c(C(=O)N(C)Cc2ccc(C)o2)cc1OC. The summed E-state index contributed by atoms with van der Waals surface area (Å²) in [5, 5.41) is 11.4. The number of benzene rings is 1. The molecule has 2 aromatic rings.